The topological polar surface area (TPSA) is 98.8 Å². The molecule has 0 fully saturated rings. The van der Waals surface area contributed by atoms with Gasteiger partial charge in [0.25, 0.3) is 0 Å². The highest BCUT2D eigenvalue weighted by Gasteiger charge is 2.12. The summed E-state index contributed by atoms with van der Waals surface area (Å²) < 4.78 is 38.8. The van der Waals surface area contributed by atoms with E-state index in [1.54, 1.807) is 0 Å². The largest absolute Gasteiger partial charge is 0.379 e. The lowest BCUT2D eigenvalue weighted by molar-refractivity contribution is -0.114. The van der Waals surface area contributed by atoms with E-state index >= 15 is 0 Å². The van der Waals surface area contributed by atoms with E-state index < -0.39 is 0 Å². The molecule has 0 unspecified atom stereocenters. The summed E-state index contributed by atoms with van der Waals surface area (Å²) in [6.07, 6.45) is 16.8. The number of benzene rings is 1. The molecule has 0 bridgehead atoms. The standard InChI is InChI=1S/C39H62O9S/c40-38-17-18-39(41)37(34-38)16-10-12-20-43-22-24-45-26-28-47-30-32-48-31-29-46-27-25-44-23-21-42-19-11-5-3-1-2-4-6-13-33-49-35-36-14-8-7-9-15-36/h7-9,14-15,17-18,34H,1-6,10-13,16,19-33,35H2. The number of thioether (sulfide) groups is 1. The van der Waals surface area contributed by atoms with Crippen LogP contribution in [0.5, 0.6) is 0 Å². The van der Waals surface area contributed by atoms with Gasteiger partial charge in [0.2, 0.25) is 0 Å². The molecule has 1 aliphatic rings. The molecule has 0 saturated heterocycles. The molecule has 1 aromatic rings. The van der Waals surface area contributed by atoms with E-state index in [2.05, 4.69) is 42.1 Å². The molecule has 0 atom stereocenters. The Balaban J connectivity index is 1.14. The number of allylic oxidation sites excluding steroid dienone is 4. The van der Waals surface area contributed by atoms with Crippen molar-refractivity contribution in [2.75, 3.05) is 98.2 Å². The van der Waals surface area contributed by atoms with Crippen molar-refractivity contribution in [2.45, 2.75) is 76.4 Å². The minimum atomic E-state index is -0.119. The third-order valence-corrected chi connectivity index (χ3v) is 8.80. The molecule has 1 aromatic carbocycles. The summed E-state index contributed by atoms with van der Waals surface area (Å²) in [5, 5.41) is 0. The molecule has 0 aromatic heterocycles. The number of rotatable bonds is 36. The predicted molar refractivity (Wildman–Crippen MR) is 196 cm³/mol. The normalized spacial score (nSPS) is 13.0. The third kappa shape index (κ3) is 27.5. The van der Waals surface area contributed by atoms with E-state index in [9.17, 15) is 9.59 Å². The zero-order valence-corrected chi connectivity index (χ0v) is 30.6. The van der Waals surface area contributed by atoms with Crippen LogP contribution in [0, 0.1) is 0 Å². The van der Waals surface area contributed by atoms with E-state index in [1.165, 1.54) is 74.5 Å². The molecule has 1 aliphatic carbocycles. The number of unbranched alkanes of at least 4 members (excludes halogenated alkanes) is 8. The average Bonchev–Trinajstić information content (AvgIpc) is 3.11. The Bertz CT molecular complexity index is 986. The van der Waals surface area contributed by atoms with Crippen LogP contribution in [0.3, 0.4) is 0 Å². The summed E-state index contributed by atoms with van der Waals surface area (Å²) in [6, 6.07) is 10.7. The molecule has 10 heteroatoms. The Morgan fingerprint density at radius 1 is 0.449 bits per heavy atom. The van der Waals surface area contributed by atoms with Gasteiger partial charge in [0.15, 0.2) is 11.6 Å². The minimum Gasteiger partial charge on any atom is -0.379 e. The Kier molecular flexibility index (Phi) is 29.4. The molecule has 2 rings (SSSR count). The van der Waals surface area contributed by atoms with Crippen molar-refractivity contribution in [3.8, 4) is 0 Å². The van der Waals surface area contributed by atoms with Gasteiger partial charge in [0.1, 0.15) is 0 Å². The van der Waals surface area contributed by atoms with Crippen LogP contribution in [0.2, 0.25) is 0 Å². The SMILES string of the molecule is O=C1C=CC(=O)C(CCCCOCCOCCOCCOCCOCCOCCOCCCCCCCCCCSCc2ccccc2)=C1. The number of hydrogen-bond donors (Lipinski definition) is 0. The van der Waals surface area contributed by atoms with E-state index in [4.69, 9.17) is 33.2 Å². The van der Waals surface area contributed by atoms with Crippen molar-refractivity contribution in [3.05, 3.63) is 59.7 Å². The van der Waals surface area contributed by atoms with Crippen LogP contribution in [-0.4, -0.2) is 110 Å². The van der Waals surface area contributed by atoms with E-state index in [0.717, 1.165) is 31.6 Å². The van der Waals surface area contributed by atoms with Crippen LogP contribution in [0.15, 0.2) is 54.1 Å². The van der Waals surface area contributed by atoms with Crippen LogP contribution in [-0.2, 0) is 48.5 Å². The number of ether oxygens (including phenoxy) is 7. The molecule has 9 nitrogen and oxygen atoms in total. The third-order valence-electron chi connectivity index (χ3n) is 7.69. The molecule has 0 heterocycles. The first-order chi connectivity index (χ1) is 24.3. The van der Waals surface area contributed by atoms with Crippen LogP contribution in [0.25, 0.3) is 0 Å². The minimum absolute atomic E-state index is 0.0707. The van der Waals surface area contributed by atoms with Gasteiger partial charge in [-0.05, 0) is 61.6 Å². The molecule has 278 valence electrons. The lowest BCUT2D eigenvalue weighted by atomic mass is 9.99. The molecule has 49 heavy (non-hydrogen) atoms. The van der Waals surface area contributed by atoms with Crippen molar-refractivity contribution >= 4 is 23.3 Å². The molecular formula is C39H62O9S. The molecule has 0 N–H and O–H groups in total. The van der Waals surface area contributed by atoms with Crippen LogP contribution < -0.4 is 0 Å². The van der Waals surface area contributed by atoms with Crippen molar-refractivity contribution in [2.24, 2.45) is 0 Å². The summed E-state index contributed by atoms with van der Waals surface area (Å²) in [4.78, 5) is 23.0. The van der Waals surface area contributed by atoms with Crippen molar-refractivity contribution in [1.29, 1.82) is 0 Å². The Labute approximate surface area is 299 Å². The summed E-state index contributed by atoms with van der Waals surface area (Å²) in [7, 11) is 0. The Morgan fingerprint density at radius 2 is 0.878 bits per heavy atom. The lowest BCUT2D eigenvalue weighted by Gasteiger charge is -2.09. The average molecular weight is 707 g/mol. The van der Waals surface area contributed by atoms with E-state index in [-0.39, 0.29) is 11.6 Å². The van der Waals surface area contributed by atoms with E-state index in [1.807, 2.05) is 0 Å². The fourth-order valence-electron chi connectivity index (χ4n) is 4.93. The molecule has 0 amide bonds. The summed E-state index contributed by atoms with van der Waals surface area (Å²) in [5.74, 6) is 2.22. The van der Waals surface area contributed by atoms with Gasteiger partial charge in [-0.15, -0.1) is 0 Å². The summed E-state index contributed by atoms with van der Waals surface area (Å²) in [6.45, 7) is 7.89. The summed E-state index contributed by atoms with van der Waals surface area (Å²) >= 11 is 2.05. The monoisotopic (exact) mass is 706 g/mol. The van der Waals surface area contributed by atoms with Crippen LogP contribution >= 0.6 is 11.8 Å². The molecule has 0 spiro atoms. The predicted octanol–water partition coefficient (Wildman–Crippen LogP) is 6.96. The second-order valence-corrected chi connectivity index (χ2v) is 13.0. The maximum atomic E-state index is 11.7. The molecule has 0 radical (unpaired) electrons. The Morgan fingerprint density at radius 3 is 1.39 bits per heavy atom. The zero-order chi connectivity index (χ0) is 34.7. The van der Waals surface area contributed by atoms with Crippen molar-refractivity contribution in [1.82, 2.24) is 0 Å². The highest BCUT2D eigenvalue weighted by Crippen LogP contribution is 2.16. The highest BCUT2D eigenvalue weighted by atomic mass is 32.2. The number of carbonyl (C=O) groups excluding carboxylic acids is 2. The molecule has 0 saturated carbocycles. The second kappa shape index (κ2) is 33.3. The van der Waals surface area contributed by atoms with Crippen LogP contribution in [0.4, 0.5) is 0 Å². The first-order valence-electron chi connectivity index (χ1n) is 18.4. The fourth-order valence-corrected chi connectivity index (χ4v) is 5.91. The molecule has 0 aliphatic heterocycles. The number of carbonyl (C=O) groups is 2. The molecular weight excluding hydrogens is 644 g/mol. The van der Waals surface area contributed by atoms with Gasteiger partial charge in [-0.25, -0.2) is 0 Å². The maximum Gasteiger partial charge on any atom is 0.182 e. The lowest BCUT2D eigenvalue weighted by Crippen LogP contribution is -2.14. The van der Waals surface area contributed by atoms with Gasteiger partial charge in [0, 0.05) is 24.5 Å². The quantitative estimate of drug-likeness (QED) is 0.0538. The van der Waals surface area contributed by atoms with Gasteiger partial charge in [-0.1, -0.05) is 68.9 Å². The Hall–Kier alpha value is -1.89. The van der Waals surface area contributed by atoms with Gasteiger partial charge < -0.3 is 33.2 Å². The fraction of sp³-hybridized carbons (Fsp3) is 0.692. The second-order valence-electron chi connectivity index (χ2n) is 11.9. The summed E-state index contributed by atoms with van der Waals surface area (Å²) in [5.41, 5.74) is 2.01. The van der Waals surface area contributed by atoms with E-state index in [0.29, 0.717) is 97.9 Å². The van der Waals surface area contributed by atoms with Gasteiger partial charge in [-0.2, -0.15) is 11.8 Å². The number of ketones is 2. The smallest absolute Gasteiger partial charge is 0.182 e. The van der Waals surface area contributed by atoms with Gasteiger partial charge >= 0.3 is 0 Å². The van der Waals surface area contributed by atoms with Crippen LogP contribution in [0.1, 0.15) is 76.2 Å². The zero-order valence-electron chi connectivity index (χ0n) is 29.8. The first-order valence-corrected chi connectivity index (χ1v) is 19.5. The van der Waals surface area contributed by atoms with Crippen molar-refractivity contribution in [3.63, 3.8) is 0 Å². The van der Waals surface area contributed by atoms with Gasteiger partial charge in [0.05, 0.1) is 79.3 Å². The maximum absolute atomic E-state index is 11.7. The first kappa shape index (κ1) is 43.3. The number of hydrogen-bond acceptors (Lipinski definition) is 10. The van der Waals surface area contributed by atoms with Crippen molar-refractivity contribution < 1.29 is 42.7 Å². The van der Waals surface area contributed by atoms with Gasteiger partial charge in [-0.3, -0.25) is 9.59 Å². The highest BCUT2D eigenvalue weighted by molar-refractivity contribution is 7.98.